The Morgan fingerprint density at radius 1 is 1.03 bits per heavy atom. The Morgan fingerprint density at radius 3 is 2.34 bits per heavy atom. The Kier molecular flexibility index (Phi) is 5.44. The van der Waals surface area contributed by atoms with Gasteiger partial charge >= 0.3 is 5.91 Å². The molecule has 8 heteroatoms. The van der Waals surface area contributed by atoms with Gasteiger partial charge in [-0.3, -0.25) is 14.5 Å². The molecule has 1 amide bonds. The Hall–Kier alpha value is -4.07. The number of anilines is 1. The van der Waals surface area contributed by atoms with Gasteiger partial charge in [0.15, 0.2) is 5.82 Å². The third-order valence-electron chi connectivity index (χ3n) is 5.36. The molecule has 0 bridgehead atoms. The summed E-state index contributed by atoms with van der Waals surface area (Å²) in [7, 11) is 2.99. The lowest BCUT2D eigenvalue weighted by Crippen LogP contribution is -2.30. The largest absolute Gasteiger partial charge is 0.507 e. The van der Waals surface area contributed by atoms with E-state index >= 15 is 0 Å². The van der Waals surface area contributed by atoms with E-state index in [2.05, 4.69) is 5.16 Å². The lowest BCUT2D eigenvalue weighted by atomic mass is 9.94. The van der Waals surface area contributed by atoms with Gasteiger partial charge in [-0.25, -0.2) is 0 Å². The van der Waals surface area contributed by atoms with Gasteiger partial charge in [-0.2, -0.15) is 0 Å². The highest BCUT2D eigenvalue weighted by atomic mass is 16.5. The van der Waals surface area contributed by atoms with E-state index in [1.807, 2.05) is 19.1 Å². The van der Waals surface area contributed by atoms with Crippen molar-refractivity contribution in [3.8, 4) is 11.5 Å². The molecule has 1 atom stereocenters. The first-order valence-electron chi connectivity index (χ1n) is 9.89. The molecule has 8 nitrogen and oxygen atoms in total. The predicted molar refractivity (Wildman–Crippen MR) is 117 cm³/mol. The number of carbonyl (C=O) groups is 2. The number of ketones is 1. The molecule has 3 aromatic rings. The van der Waals surface area contributed by atoms with Gasteiger partial charge in [0.2, 0.25) is 0 Å². The Bertz CT molecular complexity index is 1230. The van der Waals surface area contributed by atoms with Gasteiger partial charge in [0.25, 0.3) is 5.78 Å². The number of aliphatic hydroxyl groups excluding tert-OH is 1. The molecule has 0 aliphatic carbocycles. The van der Waals surface area contributed by atoms with Crippen molar-refractivity contribution in [2.24, 2.45) is 0 Å². The van der Waals surface area contributed by atoms with Gasteiger partial charge in [-0.1, -0.05) is 35.0 Å². The number of aliphatic hydroxyl groups is 1. The number of amides is 1. The number of rotatable bonds is 5. The van der Waals surface area contributed by atoms with E-state index in [1.165, 1.54) is 19.1 Å². The summed E-state index contributed by atoms with van der Waals surface area (Å²) in [5.74, 6) is -0.420. The second-order valence-electron chi connectivity index (χ2n) is 7.44. The number of aryl methyl sites for hydroxylation is 2. The van der Waals surface area contributed by atoms with Crippen molar-refractivity contribution in [3.05, 3.63) is 76.6 Å². The topological polar surface area (TPSA) is 102 Å². The SMILES string of the molecule is COc1ccc(OC)c([C@H]2C(=C(O)c3ccc(C)cc3)C(=O)C(=O)N2c2cc(C)on2)c1. The fourth-order valence-corrected chi connectivity index (χ4v) is 3.75. The maximum absolute atomic E-state index is 13.2. The maximum Gasteiger partial charge on any atom is 0.301 e. The van der Waals surface area contributed by atoms with Crippen molar-refractivity contribution < 1.29 is 28.7 Å². The molecule has 1 fully saturated rings. The molecule has 0 radical (unpaired) electrons. The molecule has 32 heavy (non-hydrogen) atoms. The number of hydrogen-bond donors (Lipinski definition) is 1. The highest BCUT2D eigenvalue weighted by Crippen LogP contribution is 2.45. The van der Waals surface area contributed by atoms with E-state index in [-0.39, 0.29) is 17.2 Å². The molecule has 2 heterocycles. The van der Waals surface area contributed by atoms with Crippen molar-refractivity contribution in [2.45, 2.75) is 19.9 Å². The smallest absolute Gasteiger partial charge is 0.301 e. The predicted octanol–water partition coefficient (Wildman–Crippen LogP) is 3.93. The quantitative estimate of drug-likeness (QED) is 0.369. The van der Waals surface area contributed by atoms with Gasteiger partial charge in [-0.15, -0.1) is 0 Å². The normalized spacial score (nSPS) is 17.6. The summed E-state index contributed by atoms with van der Waals surface area (Å²) in [6.45, 7) is 3.59. The Morgan fingerprint density at radius 2 is 1.75 bits per heavy atom. The van der Waals surface area contributed by atoms with Crippen LogP contribution >= 0.6 is 0 Å². The van der Waals surface area contributed by atoms with Gasteiger partial charge in [0.1, 0.15) is 29.1 Å². The lowest BCUT2D eigenvalue weighted by molar-refractivity contribution is -0.132. The fraction of sp³-hybridized carbons (Fsp3) is 0.208. The molecule has 1 N–H and O–H groups in total. The van der Waals surface area contributed by atoms with Crippen LogP contribution in [0.5, 0.6) is 11.5 Å². The monoisotopic (exact) mass is 434 g/mol. The third kappa shape index (κ3) is 3.49. The van der Waals surface area contributed by atoms with Crippen LogP contribution in [0.3, 0.4) is 0 Å². The summed E-state index contributed by atoms with van der Waals surface area (Å²) >= 11 is 0. The number of hydrogen-bond acceptors (Lipinski definition) is 7. The van der Waals surface area contributed by atoms with Crippen LogP contribution in [0, 0.1) is 13.8 Å². The first kappa shape index (κ1) is 21.2. The van der Waals surface area contributed by atoms with Crippen molar-refractivity contribution >= 4 is 23.3 Å². The minimum absolute atomic E-state index is 0.0777. The van der Waals surface area contributed by atoms with Crippen molar-refractivity contribution in [1.29, 1.82) is 0 Å². The third-order valence-corrected chi connectivity index (χ3v) is 5.36. The maximum atomic E-state index is 13.2. The van der Waals surface area contributed by atoms with E-state index in [1.54, 1.807) is 43.3 Å². The van der Waals surface area contributed by atoms with Crippen molar-refractivity contribution in [2.75, 3.05) is 19.1 Å². The van der Waals surface area contributed by atoms with E-state index in [4.69, 9.17) is 14.0 Å². The van der Waals surface area contributed by atoms with Gasteiger partial charge in [-0.05, 0) is 32.0 Å². The minimum atomic E-state index is -1.01. The van der Waals surface area contributed by atoms with Gasteiger partial charge in [0, 0.05) is 17.2 Å². The van der Waals surface area contributed by atoms with E-state index in [0.717, 1.165) is 5.56 Å². The van der Waals surface area contributed by atoms with Crippen LogP contribution in [-0.2, 0) is 9.59 Å². The van der Waals surface area contributed by atoms with Crippen LogP contribution < -0.4 is 14.4 Å². The zero-order valence-corrected chi connectivity index (χ0v) is 18.1. The van der Waals surface area contributed by atoms with Gasteiger partial charge < -0.3 is 19.1 Å². The number of Topliss-reactive ketones (excluding diaryl/α,β-unsaturated/α-hetero) is 1. The molecular weight excluding hydrogens is 412 g/mol. The summed E-state index contributed by atoms with van der Waals surface area (Å²) < 4.78 is 16.0. The Labute approximate surface area is 184 Å². The van der Waals surface area contributed by atoms with Gasteiger partial charge in [0.05, 0.1) is 19.8 Å². The molecule has 0 spiro atoms. The first-order chi connectivity index (χ1) is 15.3. The highest BCUT2D eigenvalue weighted by Gasteiger charge is 2.49. The summed E-state index contributed by atoms with van der Waals surface area (Å²) in [6, 6.07) is 12.6. The zero-order valence-electron chi connectivity index (χ0n) is 18.1. The molecular formula is C24H22N2O6. The zero-order chi connectivity index (χ0) is 23.0. The number of nitrogens with zero attached hydrogens (tertiary/aromatic N) is 2. The van der Waals surface area contributed by atoms with Crippen molar-refractivity contribution in [1.82, 2.24) is 5.16 Å². The average molecular weight is 434 g/mol. The molecule has 1 aromatic heterocycles. The second-order valence-corrected chi connectivity index (χ2v) is 7.44. The number of aromatic nitrogens is 1. The van der Waals surface area contributed by atoms with Crippen LogP contribution in [0.1, 0.15) is 28.5 Å². The fourth-order valence-electron chi connectivity index (χ4n) is 3.75. The average Bonchev–Trinajstić information content (AvgIpc) is 3.33. The molecule has 164 valence electrons. The Balaban J connectivity index is 2.00. The lowest BCUT2D eigenvalue weighted by Gasteiger charge is -2.24. The first-order valence-corrected chi connectivity index (χ1v) is 9.89. The van der Waals surface area contributed by atoms with Crippen LogP contribution in [0.25, 0.3) is 5.76 Å². The molecule has 1 saturated heterocycles. The summed E-state index contributed by atoms with van der Waals surface area (Å²) in [5.41, 5.74) is 1.79. The van der Waals surface area contributed by atoms with Crippen LogP contribution in [0.15, 0.2) is 58.6 Å². The highest BCUT2D eigenvalue weighted by molar-refractivity contribution is 6.51. The standard InChI is InChI=1S/C24H22N2O6/c1-13-5-7-15(8-6-13)22(27)20-21(17-12-16(30-3)9-10-18(17)31-4)26(24(29)23(20)28)19-11-14(2)32-25-19/h5-12,21,27H,1-4H3/t21-/m0/s1. The minimum Gasteiger partial charge on any atom is -0.507 e. The van der Waals surface area contributed by atoms with Crippen LogP contribution in [-0.4, -0.2) is 36.2 Å². The van der Waals surface area contributed by atoms with Crippen LogP contribution in [0.4, 0.5) is 5.82 Å². The number of ether oxygens (including phenoxy) is 2. The van der Waals surface area contributed by atoms with E-state index < -0.39 is 17.7 Å². The molecule has 2 aromatic carbocycles. The number of carbonyl (C=O) groups excluding carboxylic acids is 2. The van der Waals surface area contributed by atoms with Crippen LogP contribution in [0.2, 0.25) is 0 Å². The molecule has 0 saturated carbocycles. The summed E-state index contributed by atoms with van der Waals surface area (Å²) in [6.07, 6.45) is 0. The van der Waals surface area contributed by atoms with E-state index in [9.17, 15) is 14.7 Å². The molecule has 1 aliphatic heterocycles. The number of methoxy groups -OCH3 is 2. The summed E-state index contributed by atoms with van der Waals surface area (Å²) in [5, 5.41) is 15.1. The molecule has 4 rings (SSSR count). The molecule has 0 unspecified atom stereocenters. The second kappa shape index (κ2) is 8.22. The van der Waals surface area contributed by atoms with Crippen molar-refractivity contribution in [3.63, 3.8) is 0 Å². The van der Waals surface area contributed by atoms with E-state index in [0.29, 0.717) is 28.4 Å². The molecule has 1 aliphatic rings. The summed E-state index contributed by atoms with van der Waals surface area (Å²) in [4.78, 5) is 27.5. The number of benzene rings is 2.